The SMILES string of the molecule is CC(C)c1ccc(-c2ccncc2C=O)cc1. The first-order valence-corrected chi connectivity index (χ1v) is 5.72. The van der Waals surface area contributed by atoms with Crippen LogP contribution in [-0.2, 0) is 0 Å². The molecule has 17 heavy (non-hydrogen) atoms. The lowest BCUT2D eigenvalue weighted by Crippen LogP contribution is -1.90. The summed E-state index contributed by atoms with van der Waals surface area (Å²) >= 11 is 0. The lowest BCUT2D eigenvalue weighted by Gasteiger charge is -2.08. The molecule has 0 unspecified atom stereocenters. The predicted octanol–water partition coefficient (Wildman–Crippen LogP) is 3.68. The van der Waals surface area contributed by atoms with Gasteiger partial charge in [-0.2, -0.15) is 0 Å². The Morgan fingerprint density at radius 2 is 1.82 bits per heavy atom. The molecular weight excluding hydrogens is 210 g/mol. The Balaban J connectivity index is 2.43. The summed E-state index contributed by atoms with van der Waals surface area (Å²) in [7, 11) is 0. The van der Waals surface area contributed by atoms with E-state index in [4.69, 9.17) is 0 Å². The summed E-state index contributed by atoms with van der Waals surface area (Å²) in [6.07, 6.45) is 4.15. The molecule has 1 aromatic carbocycles. The maximum absolute atomic E-state index is 10.9. The highest BCUT2D eigenvalue weighted by Gasteiger charge is 2.05. The monoisotopic (exact) mass is 225 g/mol. The molecule has 1 aromatic heterocycles. The fraction of sp³-hybridized carbons (Fsp3) is 0.200. The molecule has 0 saturated carbocycles. The van der Waals surface area contributed by atoms with Crippen molar-refractivity contribution in [3.8, 4) is 11.1 Å². The van der Waals surface area contributed by atoms with Gasteiger partial charge in [0.2, 0.25) is 0 Å². The Hall–Kier alpha value is -1.96. The van der Waals surface area contributed by atoms with E-state index in [1.54, 1.807) is 12.4 Å². The van der Waals surface area contributed by atoms with E-state index >= 15 is 0 Å². The van der Waals surface area contributed by atoms with E-state index in [9.17, 15) is 4.79 Å². The van der Waals surface area contributed by atoms with Crippen molar-refractivity contribution in [3.63, 3.8) is 0 Å². The molecule has 1 heterocycles. The molecule has 86 valence electrons. The van der Waals surface area contributed by atoms with Gasteiger partial charge in [0.05, 0.1) is 0 Å². The quantitative estimate of drug-likeness (QED) is 0.746. The predicted molar refractivity (Wildman–Crippen MR) is 69.1 cm³/mol. The number of rotatable bonds is 3. The molecule has 0 fully saturated rings. The molecule has 0 N–H and O–H groups in total. The zero-order valence-electron chi connectivity index (χ0n) is 10.1. The summed E-state index contributed by atoms with van der Waals surface area (Å²) in [5.74, 6) is 0.520. The standard InChI is InChI=1S/C15H15NO/c1-11(2)12-3-5-13(6-4-12)15-7-8-16-9-14(15)10-17/h3-11H,1-2H3. The topological polar surface area (TPSA) is 30.0 Å². The van der Waals surface area contributed by atoms with Crippen molar-refractivity contribution >= 4 is 6.29 Å². The van der Waals surface area contributed by atoms with Gasteiger partial charge in [0.1, 0.15) is 0 Å². The Bertz CT molecular complexity index is 515. The maximum Gasteiger partial charge on any atom is 0.152 e. The molecule has 2 nitrogen and oxygen atoms in total. The van der Waals surface area contributed by atoms with E-state index in [1.165, 1.54) is 5.56 Å². The normalized spacial score (nSPS) is 10.5. The van der Waals surface area contributed by atoms with Crippen LogP contribution in [0.4, 0.5) is 0 Å². The first kappa shape index (κ1) is 11.5. The average Bonchev–Trinajstić information content (AvgIpc) is 2.39. The number of hydrogen-bond donors (Lipinski definition) is 0. The Morgan fingerprint density at radius 3 is 2.41 bits per heavy atom. The van der Waals surface area contributed by atoms with E-state index < -0.39 is 0 Å². The zero-order chi connectivity index (χ0) is 12.3. The van der Waals surface area contributed by atoms with E-state index in [-0.39, 0.29) is 0 Å². The second-order valence-electron chi connectivity index (χ2n) is 4.36. The summed E-state index contributed by atoms with van der Waals surface area (Å²) in [4.78, 5) is 14.9. The molecule has 0 aliphatic rings. The van der Waals surface area contributed by atoms with Crippen molar-refractivity contribution in [1.29, 1.82) is 0 Å². The fourth-order valence-electron chi connectivity index (χ4n) is 1.81. The summed E-state index contributed by atoms with van der Waals surface area (Å²) < 4.78 is 0. The first-order chi connectivity index (χ1) is 8.22. The molecular formula is C15H15NO. The molecule has 0 spiro atoms. The van der Waals surface area contributed by atoms with Gasteiger partial charge in [-0.3, -0.25) is 9.78 Å². The van der Waals surface area contributed by atoms with Gasteiger partial charge in [-0.1, -0.05) is 38.1 Å². The number of carbonyl (C=O) groups is 1. The molecule has 2 rings (SSSR count). The van der Waals surface area contributed by atoms with Crippen LogP contribution in [0, 0.1) is 0 Å². The summed E-state index contributed by atoms with van der Waals surface area (Å²) in [6, 6.07) is 10.2. The van der Waals surface area contributed by atoms with Crippen molar-refractivity contribution in [1.82, 2.24) is 4.98 Å². The maximum atomic E-state index is 10.9. The lowest BCUT2D eigenvalue weighted by molar-refractivity contribution is 0.112. The smallest absolute Gasteiger partial charge is 0.152 e. The van der Waals surface area contributed by atoms with Crippen LogP contribution in [0.3, 0.4) is 0 Å². The third-order valence-electron chi connectivity index (χ3n) is 2.87. The zero-order valence-corrected chi connectivity index (χ0v) is 10.1. The van der Waals surface area contributed by atoms with Gasteiger partial charge in [-0.05, 0) is 28.7 Å². The van der Waals surface area contributed by atoms with Crippen LogP contribution in [0.25, 0.3) is 11.1 Å². The second kappa shape index (κ2) is 4.91. The van der Waals surface area contributed by atoms with Gasteiger partial charge in [0, 0.05) is 18.0 Å². The number of nitrogens with zero attached hydrogens (tertiary/aromatic N) is 1. The van der Waals surface area contributed by atoms with Gasteiger partial charge in [0.25, 0.3) is 0 Å². The summed E-state index contributed by atoms with van der Waals surface area (Å²) in [6.45, 7) is 4.33. The Labute approximate surface area is 101 Å². The van der Waals surface area contributed by atoms with Gasteiger partial charge >= 0.3 is 0 Å². The molecule has 0 atom stereocenters. The highest BCUT2D eigenvalue weighted by atomic mass is 16.1. The minimum Gasteiger partial charge on any atom is -0.298 e. The largest absolute Gasteiger partial charge is 0.298 e. The van der Waals surface area contributed by atoms with Gasteiger partial charge < -0.3 is 0 Å². The minimum absolute atomic E-state index is 0.520. The number of carbonyl (C=O) groups excluding carboxylic acids is 1. The van der Waals surface area contributed by atoms with Crippen LogP contribution >= 0.6 is 0 Å². The Kier molecular flexibility index (Phi) is 3.33. The molecule has 0 aliphatic heterocycles. The first-order valence-electron chi connectivity index (χ1n) is 5.72. The van der Waals surface area contributed by atoms with Gasteiger partial charge in [-0.15, -0.1) is 0 Å². The molecule has 0 aliphatic carbocycles. The molecule has 2 heteroatoms. The second-order valence-corrected chi connectivity index (χ2v) is 4.36. The van der Waals surface area contributed by atoms with Crippen molar-refractivity contribution in [2.24, 2.45) is 0 Å². The molecule has 2 aromatic rings. The molecule has 0 bridgehead atoms. The number of pyridine rings is 1. The lowest BCUT2D eigenvalue weighted by atomic mass is 9.97. The molecule has 0 amide bonds. The third-order valence-corrected chi connectivity index (χ3v) is 2.87. The van der Waals surface area contributed by atoms with E-state index in [0.717, 1.165) is 17.4 Å². The van der Waals surface area contributed by atoms with Crippen LogP contribution in [0.1, 0.15) is 35.7 Å². The van der Waals surface area contributed by atoms with Crippen molar-refractivity contribution in [2.45, 2.75) is 19.8 Å². The fourth-order valence-corrected chi connectivity index (χ4v) is 1.81. The van der Waals surface area contributed by atoms with Gasteiger partial charge in [-0.25, -0.2) is 0 Å². The van der Waals surface area contributed by atoms with Crippen LogP contribution in [0.15, 0.2) is 42.7 Å². The number of benzene rings is 1. The minimum atomic E-state index is 0.520. The third kappa shape index (κ3) is 2.41. The highest BCUT2D eigenvalue weighted by molar-refractivity contribution is 5.86. The van der Waals surface area contributed by atoms with Crippen molar-refractivity contribution in [2.75, 3.05) is 0 Å². The van der Waals surface area contributed by atoms with E-state index in [1.807, 2.05) is 6.07 Å². The van der Waals surface area contributed by atoms with Crippen LogP contribution in [-0.4, -0.2) is 11.3 Å². The summed E-state index contributed by atoms with van der Waals surface area (Å²) in [5, 5.41) is 0. The number of aldehydes is 1. The summed E-state index contributed by atoms with van der Waals surface area (Å²) in [5.41, 5.74) is 3.92. The van der Waals surface area contributed by atoms with Crippen molar-refractivity contribution < 1.29 is 4.79 Å². The van der Waals surface area contributed by atoms with Crippen LogP contribution in [0.2, 0.25) is 0 Å². The molecule has 0 saturated heterocycles. The average molecular weight is 225 g/mol. The van der Waals surface area contributed by atoms with E-state index in [0.29, 0.717) is 11.5 Å². The van der Waals surface area contributed by atoms with Crippen LogP contribution < -0.4 is 0 Å². The van der Waals surface area contributed by atoms with Gasteiger partial charge in [0.15, 0.2) is 6.29 Å². The van der Waals surface area contributed by atoms with Crippen molar-refractivity contribution in [3.05, 3.63) is 53.9 Å². The Morgan fingerprint density at radius 1 is 1.12 bits per heavy atom. The van der Waals surface area contributed by atoms with Crippen LogP contribution in [0.5, 0.6) is 0 Å². The highest BCUT2D eigenvalue weighted by Crippen LogP contribution is 2.24. The number of hydrogen-bond acceptors (Lipinski definition) is 2. The molecule has 0 radical (unpaired) electrons. The number of aromatic nitrogens is 1. The van der Waals surface area contributed by atoms with E-state index in [2.05, 4.69) is 43.1 Å².